The second-order valence-electron chi connectivity index (χ2n) is 8.19. The molecule has 0 saturated heterocycles. The van der Waals surface area contributed by atoms with Crippen LogP contribution >= 0.6 is 0 Å². The second kappa shape index (κ2) is 9.33. The van der Waals surface area contributed by atoms with E-state index in [1.54, 1.807) is 19.2 Å². The molecule has 31 heavy (non-hydrogen) atoms. The Balaban J connectivity index is 1.66. The highest BCUT2D eigenvalue weighted by Gasteiger charge is 2.34. The first-order chi connectivity index (χ1) is 15.1. The van der Waals surface area contributed by atoms with Gasteiger partial charge in [0.15, 0.2) is 5.69 Å². The van der Waals surface area contributed by atoms with E-state index in [1.807, 2.05) is 36.4 Å². The van der Waals surface area contributed by atoms with Gasteiger partial charge in [-0.15, -0.1) is 0 Å². The molecule has 0 aliphatic heterocycles. The minimum absolute atomic E-state index is 0.0839. The van der Waals surface area contributed by atoms with Crippen LogP contribution in [0.3, 0.4) is 0 Å². The molecule has 1 amide bonds. The van der Waals surface area contributed by atoms with Gasteiger partial charge in [0.05, 0.1) is 18.5 Å². The summed E-state index contributed by atoms with van der Waals surface area (Å²) in [4.78, 5) is 26.3. The molecule has 0 spiro atoms. The topological polar surface area (TPSA) is 73.2 Å². The molecule has 6 nitrogen and oxygen atoms in total. The van der Waals surface area contributed by atoms with Gasteiger partial charge >= 0.3 is 0 Å². The Morgan fingerprint density at radius 1 is 1.13 bits per heavy atom. The molecule has 1 aliphatic rings. The van der Waals surface area contributed by atoms with Crippen LogP contribution in [0.4, 0.5) is 0 Å². The lowest BCUT2D eigenvalue weighted by Gasteiger charge is -2.20. The number of aryl methyl sites for hydroxylation is 1. The summed E-state index contributed by atoms with van der Waals surface area (Å²) >= 11 is 0. The standard InChI is InChI=1S/C25H29N3O3/c1-3-4-7-16-28-25(30)21-9-6-5-8-20(21)23(27-28)24(29)26-22(17-10-11-17)18-12-14-19(31-2)15-13-18/h5-6,8-9,12-15,17,22H,3-4,7,10-11,16H2,1-2H3,(H,26,29). The number of ether oxygens (including phenoxy) is 1. The van der Waals surface area contributed by atoms with Gasteiger partial charge in [0, 0.05) is 11.9 Å². The van der Waals surface area contributed by atoms with Gasteiger partial charge in [-0.2, -0.15) is 5.10 Å². The third-order valence-electron chi connectivity index (χ3n) is 5.91. The summed E-state index contributed by atoms with van der Waals surface area (Å²) in [5, 5.41) is 8.83. The van der Waals surface area contributed by atoms with Crippen molar-refractivity contribution in [2.24, 2.45) is 5.92 Å². The summed E-state index contributed by atoms with van der Waals surface area (Å²) in [5.41, 5.74) is 1.22. The Bertz CT molecular complexity index is 1120. The van der Waals surface area contributed by atoms with Crippen molar-refractivity contribution in [3.8, 4) is 5.75 Å². The largest absolute Gasteiger partial charge is 0.497 e. The lowest BCUT2D eigenvalue weighted by atomic mass is 10.0. The van der Waals surface area contributed by atoms with Gasteiger partial charge in [-0.1, -0.05) is 50.1 Å². The number of nitrogens with one attached hydrogen (secondary N) is 1. The average Bonchev–Trinajstić information content (AvgIpc) is 3.64. The molecule has 1 unspecified atom stereocenters. The minimum Gasteiger partial charge on any atom is -0.497 e. The smallest absolute Gasteiger partial charge is 0.274 e. The zero-order chi connectivity index (χ0) is 21.8. The second-order valence-corrected chi connectivity index (χ2v) is 8.19. The predicted octanol–water partition coefficient (Wildman–Crippen LogP) is 4.48. The average molecular weight is 420 g/mol. The van der Waals surface area contributed by atoms with Gasteiger partial charge in [0.1, 0.15) is 5.75 Å². The molecule has 1 fully saturated rings. The summed E-state index contributed by atoms with van der Waals surface area (Å²) in [6.45, 7) is 2.63. The third kappa shape index (κ3) is 4.63. The van der Waals surface area contributed by atoms with E-state index >= 15 is 0 Å². The Morgan fingerprint density at radius 3 is 2.48 bits per heavy atom. The molecule has 1 heterocycles. The van der Waals surface area contributed by atoms with Crippen LogP contribution in [0.2, 0.25) is 0 Å². The van der Waals surface area contributed by atoms with Gasteiger partial charge in [0.25, 0.3) is 11.5 Å². The Hall–Kier alpha value is -3.15. The Morgan fingerprint density at radius 2 is 1.84 bits per heavy atom. The number of fused-ring (bicyclic) bond motifs is 1. The summed E-state index contributed by atoms with van der Waals surface area (Å²) in [5.74, 6) is 0.962. The summed E-state index contributed by atoms with van der Waals surface area (Å²) in [6, 6.07) is 15.0. The van der Waals surface area contributed by atoms with E-state index in [2.05, 4.69) is 17.3 Å². The third-order valence-corrected chi connectivity index (χ3v) is 5.91. The maximum absolute atomic E-state index is 13.4. The van der Waals surface area contributed by atoms with Crippen LogP contribution in [-0.4, -0.2) is 22.8 Å². The van der Waals surface area contributed by atoms with E-state index in [0.717, 1.165) is 43.4 Å². The lowest BCUT2D eigenvalue weighted by molar-refractivity contribution is 0.0926. The number of rotatable bonds is 9. The van der Waals surface area contributed by atoms with Crippen molar-refractivity contribution in [3.63, 3.8) is 0 Å². The molecular weight excluding hydrogens is 390 g/mol. The summed E-state index contributed by atoms with van der Waals surface area (Å²) in [7, 11) is 1.64. The van der Waals surface area contributed by atoms with Crippen molar-refractivity contribution in [2.45, 2.75) is 51.6 Å². The molecule has 3 aromatic rings. The van der Waals surface area contributed by atoms with Crippen molar-refractivity contribution in [3.05, 3.63) is 70.1 Å². The van der Waals surface area contributed by atoms with Crippen LogP contribution in [0, 0.1) is 5.92 Å². The van der Waals surface area contributed by atoms with E-state index in [1.165, 1.54) is 4.68 Å². The maximum atomic E-state index is 13.4. The number of carbonyl (C=O) groups is 1. The highest BCUT2D eigenvalue weighted by atomic mass is 16.5. The van der Waals surface area contributed by atoms with Crippen molar-refractivity contribution in [2.75, 3.05) is 7.11 Å². The summed E-state index contributed by atoms with van der Waals surface area (Å²) < 4.78 is 6.71. The molecule has 6 heteroatoms. The minimum atomic E-state index is -0.242. The molecule has 1 aromatic heterocycles. The normalized spacial score (nSPS) is 14.4. The van der Waals surface area contributed by atoms with E-state index in [0.29, 0.717) is 28.9 Å². The predicted molar refractivity (Wildman–Crippen MR) is 121 cm³/mol. The lowest BCUT2D eigenvalue weighted by Crippen LogP contribution is -2.33. The number of unbranched alkanes of at least 4 members (excludes halogenated alkanes) is 2. The van der Waals surface area contributed by atoms with Crippen LogP contribution in [0.5, 0.6) is 5.75 Å². The zero-order valence-electron chi connectivity index (χ0n) is 18.1. The monoisotopic (exact) mass is 419 g/mol. The van der Waals surface area contributed by atoms with E-state index in [9.17, 15) is 9.59 Å². The first-order valence-electron chi connectivity index (χ1n) is 11.1. The molecule has 0 radical (unpaired) electrons. The van der Waals surface area contributed by atoms with Crippen molar-refractivity contribution >= 4 is 16.7 Å². The Labute approximate surface area is 182 Å². The van der Waals surface area contributed by atoms with Gasteiger partial charge in [0.2, 0.25) is 0 Å². The fraction of sp³-hybridized carbons (Fsp3) is 0.400. The van der Waals surface area contributed by atoms with Crippen molar-refractivity contribution in [1.29, 1.82) is 0 Å². The van der Waals surface area contributed by atoms with Crippen LogP contribution in [-0.2, 0) is 6.54 Å². The number of hydrogen-bond acceptors (Lipinski definition) is 4. The van der Waals surface area contributed by atoms with Gasteiger partial charge < -0.3 is 10.1 Å². The van der Waals surface area contributed by atoms with Gasteiger partial charge in [-0.3, -0.25) is 9.59 Å². The molecule has 4 rings (SSSR count). The molecule has 1 aliphatic carbocycles. The molecule has 162 valence electrons. The van der Waals surface area contributed by atoms with Crippen LogP contribution in [0.25, 0.3) is 10.8 Å². The maximum Gasteiger partial charge on any atom is 0.274 e. The molecular formula is C25H29N3O3. The molecule has 0 bridgehead atoms. The molecule has 2 aromatic carbocycles. The first kappa shape index (κ1) is 21.1. The first-order valence-corrected chi connectivity index (χ1v) is 11.1. The quantitative estimate of drug-likeness (QED) is 0.519. The number of amides is 1. The van der Waals surface area contributed by atoms with Gasteiger partial charge in [-0.05, 0) is 48.9 Å². The molecule has 1 atom stereocenters. The zero-order valence-corrected chi connectivity index (χ0v) is 18.1. The summed E-state index contributed by atoms with van der Waals surface area (Å²) in [6.07, 6.45) is 5.10. The molecule has 1 saturated carbocycles. The van der Waals surface area contributed by atoms with Crippen molar-refractivity contribution in [1.82, 2.24) is 15.1 Å². The highest BCUT2D eigenvalue weighted by molar-refractivity contribution is 6.04. The number of carbonyl (C=O) groups excluding carboxylic acids is 1. The number of hydrogen-bond donors (Lipinski definition) is 1. The SMILES string of the molecule is CCCCCn1nc(C(=O)NC(c2ccc(OC)cc2)C2CC2)c2ccccc2c1=O. The van der Waals surface area contributed by atoms with Gasteiger partial charge in [-0.25, -0.2) is 4.68 Å². The van der Waals surface area contributed by atoms with E-state index < -0.39 is 0 Å². The highest BCUT2D eigenvalue weighted by Crippen LogP contribution is 2.41. The van der Waals surface area contributed by atoms with Crippen LogP contribution in [0.1, 0.15) is 61.1 Å². The van der Waals surface area contributed by atoms with Crippen LogP contribution in [0.15, 0.2) is 53.3 Å². The Kier molecular flexibility index (Phi) is 6.35. The van der Waals surface area contributed by atoms with E-state index in [4.69, 9.17) is 4.74 Å². The number of methoxy groups -OCH3 is 1. The molecule has 1 N–H and O–H groups in total. The van der Waals surface area contributed by atoms with Crippen LogP contribution < -0.4 is 15.6 Å². The number of nitrogens with zero attached hydrogens (tertiary/aromatic N) is 2. The fourth-order valence-corrected chi connectivity index (χ4v) is 3.99. The fourth-order valence-electron chi connectivity index (χ4n) is 3.99. The number of benzene rings is 2. The van der Waals surface area contributed by atoms with E-state index in [-0.39, 0.29) is 17.5 Å². The van der Waals surface area contributed by atoms with Crippen molar-refractivity contribution < 1.29 is 9.53 Å². The number of aromatic nitrogens is 2.